The Kier molecular flexibility index (Phi) is 3.61. The molecule has 1 aromatic heterocycles. The van der Waals surface area contributed by atoms with Crippen LogP contribution in [0, 0.1) is 17.5 Å². The van der Waals surface area contributed by atoms with Gasteiger partial charge in [0.05, 0.1) is 11.4 Å². The average Bonchev–Trinajstić information content (AvgIpc) is 2.64. The van der Waals surface area contributed by atoms with E-state index in [1.807, 2.05) is 13.8 Å². The van der Waals surface area contributed by atoms with Gasteiger partial charge in [-0.25, -0.2) is 13.2 Å². The number of benzene rings is 1. The SMILES string of the molecule is CC(C)c1nn(C)c(Nc2cc(F)c(F)c(F)c2)c1N. The Morgan fingerprint density at radius 2 is 1.75 bits per heavy atom. The van der Waals surface area contributed by atoms with Crippen LogP contribution in [0.25, 0.3) is 0 Å². The van der Waals surface area contributed by atoms with Crippen LogP contribution in [-0.2, 0) is 7.05 Å². The molecule has 0 bridgehead atoms. The summed E-state index contributed by atoms with van der Waals surface area (Å²) in [4.78, 5) is 0. The fourth-order valence-electron chi connectivity index (χ4n) is 1.90. The van der Waals surface area contributed by atoms with Gasteiger partial charge in [0.25, 0.3) is 0 Å². The Balaban J connectivity index is 2.40. The maximum Gasteiger partial charge on any atom is 0.194 e. The van der Waals surface area contributed by atoms with Crippen LogP contribution < -0.4 is 11.1 Å². The molecule has 7 heteroatoms. The van der Waals surface area contributed by atoms with Gasteiger partial charge in [-0.05, 0) is 5.92 Å². The van der Waals surface area contributed by atoms with Crippen LogP contribution in [0.5, 0.6) is 0 Å². The minimum absolute atomic E-state index is 0.0615. The molecule has 3 N–H and O–H groups in total. The predicted octanol–water partition coefficient (Wildman–Crippen LogP) is 3.29. The Morgan fingerprint density at radius 3 is 2.20 bits per heavy atom. The molecule has 20 heavy (non-hydrogen) atoms. The number of hydrogen-bond donors (Lipinski definition) is 2. The normalized spacial score (nSPS) is 11.2. The molecular weight excluding hydrogens is 269 g/mol. The van der Waals surface area contributed by atoms with E-state index < -0.39 is 17.5 Å². The molecule has 2 rings (SSSR count). The van der Waals surface area contributed by atoms with Crippen molar-refractivity contribution in [2.75, 3.05) is 11.1 Å². The highest BCUT2D eigenvalue weighted by Crippen LogP contribution is 2.30. The minimum atomic E-state index is -1.50. The summed E-state index contributed by atoms with van der Waals surface area (Å²) in [5.41, 5.74) is 7.09. The van der Waals surface area contributed by atoms with Gasteiger partial charge in [-0.1, -0.05) is 13.8 Å². The highest BCUT2D eigenvalue weighted by atomic mass is 19.2. The number of nitrogens with one attached hydrogen (secondary N) is 1. The number of aryl methyl sites for hydroxylation is 1. The zero-order valence-electron chi connectivity index (χ0n) is 11.3. The Bertz CT molecular complexity index is 626. The molecule has 0 spiro atoms. The fourth-order valence-corrected chi connectivity index (χ4v) is 1.90. The van der Waals surface area contributed by atoms with Crippen molar-refractivity contribution in [2.24, 2.45) is 7.05 Å². The molecule has 1 aromatic carbocycles. The van der Waals surface area contributed by atoms with Crippen LogP contribution in [0.3, 0.4) is 0 Å². The lowest BCUT2D eigenvalue weighted by molar-refractivity contribution is 0.448. The summed E-state index contributed by atoms with van der Waals surface area (Å²) in [5.74, 6) is -3.52. The first-order chi connectivity index (χ1) is 9.31. The summed E-state index contributed by atoms with van der Waals surface area (Å²) in [6.45, 7) is 3.86. The number of anilines is 3. The van der Waals surface area contributed by atoms with Gasteiger partial charge >= 0.3 is 0 Å². The van der Waals surface area contributed by atoms with Gasteiger partial charge in [0.1, 0.15) is 0 Å². The monoisotopic (exact) mass is 284 g/mol. The maximum atomic E-state index is 13.2. The third-order valence-corrected chi connectivity index (χ3v) is 2.91. The number of nitrogens with zero attached hydrogens (tertiary/aromatic N) is 2. The van der Waals surface area contributed by atoms with E-state index in [0.29, 0.717) is 17.2 Å². The lowest BCUT2D eigenvalue weighted by atomic mass is 10.1. The van der Waals surface area contributed by atoms with E-state index in [-0.39, 0.29) is 11.6 Å². The molecule has 0 unspecified atom stereocenters. The van der Waals surface area contributed by atoms with Gasteiger partial charge in [-0.15, -0.1) is 0 Å². The first-order valence-corrected chi connectivity index (χ1v) is 6.05. The molecular formula is C13H15F3N4. The summed E-state index contributed by atoms with van der Waals surface area (Å²) in [6, 6.07) is 1.72. The lowest BCUT2D eigenvalue weighted by Gasteiger charge is -2.09. The first-order valence-electron chi connectivity index (χ1n) is 6.05. The van der Waals surface area contributed by atoms with Crippen molar-refractivity contribution in [3.05, 3.63) is 35.3 Å². The van der Waals surface area contributed by atoms with Gasteiger partial charge < -0.3 is 11.1 Å². The van der Waals surface area contributed by atoms with Gasteiger partial charge in [0.15, 0.2) is 23.3 Å². The van der Waals surface area contributed by atoms with E-state index in [1.54, 1.807) is 7.05 Å². The van der Waals surface area contributed by atoms with Crippen LogP contribution in [0.4, 0.5) is 30.4 Å². The van der Waals surface area contributed by atoms with Gasteiger partial charge in [0.2, 0.25) is 0 Å². The number of nitrogen functional groups attached to an aromatic ring is 1. The van der Waals surface area contributed by atoms with Crippen molar-refractivity contribution in [3.8, 4) is 0 Å². The summed E-state index contributed by atoms with van der Waals surface area (Å²) in [6.07, 6.45) is 0. The lowest BCUT2D eigenvalue weighted by Crippen LogP contribution is -2.03. The number of halogens is 3. The average molecular weight is 284 g/mol. The van der Waals surface area contributed by atoms with E-state index in [2.05, 4.69) is 10.4 Å². The molecule has 0 fully saturated rings. The summed E-state index contributed by atoms with van der Waals surface area (Å²) in [7, 11) is 1.65. The second kappa shape index (κ2) is 5.07. The minimum Gasteiger partial charge on any atom is -0.394 e. The molecule has 0 aliphatic rings. The van der Waals surface area contributed by atoms with Crippen LogP contribution in [-0.4, -0.2) is 9.78 Å². The molecule has 0 aliphatic heterocycles. The topological polar surface area (TPSA) is 55.9 Å². The summed E-state index contributed by atoms with van der Waals surface area (Å²) >= 11 is 0. The molecule has 2 aromatic rings. The van der Waals surface area contributed by atoms with Crippen molar-refractivity contribution in [1.29, 1.82) is 0 Å². The predicted molar refractivity (Wildman–Crippen MR) is 71.3 cm³/mol. The number of nitrogens with two attached hydrogens (primary N) is 1. The summed E-state index contributed by atoms with van der Waals surface area (Å²) in [5, 5.41) is 6.99. The maximum absolute atomic E-state index is 13.2. The molecule has 0 radical (unpaired) electrons. The molecule has 0 saturated carbocycles. The second-order valence-electron chi connectivity index (χ2n) is 4.80. The van der Waals surface area contributed by atoms with Crippen LogP contribution >= 0.6 is 0 Å². The highest BCUT2D eigenvalue weighted by molar-refractivity contribution is 5.71. The Hall–Kier alpha value is -2.18. The third-order valence-electron chi connectivity index (χ3n) is 2.91. The van der Waals surface area contributed by atoms with Crippen molar-refractivity contribution in [3.63, 3.8) is 0 Å². The van der Waals surface area contributed by atoms with Crippen LogP contribution in [0.2, 0.25) is 0 Å². The van der Waals surface area contributed by atoms with Crippen LogP contribution in [0.1, 0.15) is 25.5 Å². The zero-order chi connectivity index (χ0) is 15.0. The van der Waals surface area contributed by atoms with Crippen molar-refractivity contribution >= 4 is 17.2 Å². The molecule has 0 aliphatic carbocycles. The first kappa shape index (κ1) is 14.2. The van der Waals surface area contributed by atoms with E-state index in [0.717, 1.165) is 12.1 Å². The molecule has 4 nitrogen and oxygen atoms in total. The highest BCUT2D eigenvalue weighted by Gasteiger charge is 2.17. The van der Waals surface area contributed by atoms with E-state index in [1.165, 1.54) is 4.68 Å². The number of aromatic nitrogens is 2. The van der Waals surface area contributed by atoms with Crippen molar-refractivity contribution in [2.45, 2.75) is 19.8 Å². The molecule has 0 atom stereocenters. The van der Waals surface area contributed by atoms with E-state index in [9.17, 15) is 13.2 Å². The largest absolute Gasteiger partial charge is 0.394 e. The number of hydrogen-bond acceptors (Lipinski definition) is 3. The zero-order valence-corrected chi connectivity index (χ0v) is 11.3. The fraction of sp³-hybridized carbons (Fsp3) is 0.308. The third kappa shape index (κ3) is 2.43. The van der Waals surface area contributed by atoms with E-state index in [4.69, 9.17) is 5.73 Å². The molecule has 0 saturated heterocycles. The van der Waals surface area contributed by atoms with Crippen molar-refractivity contribution in [1.82, 2.24) is 9.78 Å². The standard InChI is InChI=1S/C13H15F3N4/c1-6(2)12-11(17)13(20(3)19-12)18-7-4-8(14)10(16)9(15)5-7/h4-6,18H,17H2,1-3H3. The Labute approximate surface area is 114 Å². The second-order valence-corrected chi connectivity index (χ2v) is 4.80. The van der Waals surface area contributed by atoms with Crippen LogP contribution in [0.15, 0.2) is 12.1 Å². The van der Waals surface area contributed by atoms with Gasteiger partial charge in [-0.3, -0.25) is 4.68 Å². The summed E-state index contributed by atoms with van der Waals surface area (Å²) < 4.78 is 40.7. The quantitative estimate of drug-likeness (QED) is 0.850. The van der Waals surface area contributed by atoms with Gasteiger partial charge in [-0.2, -0.15) is 5.10 Å². The Morgan fingerprint density at radius 1 is 1.20 bits per heavy atom. The van der Waals surface area contributed by atoms with E-state index >= 15 is 0 Å². The van der Waals surface area contributed by atoms with Crippen molar-refractivity contribution < 1.29 is 13.2 Å². The molecule has 0 amide bonds. The molecule has 1 heterocycles. The molecule has 108 valence electrons. The number of rotatable bonds is 3. The van der Waals surface area contributed by atoms with Gasteiger partial charge in [0, 0.05) is 24.9 Å². The smallest absolute Gasteiger partial charge is 0.194 e.